The van der Waals surface area contributed by atoms with Crippen LogP contribution in [0.3, 0.4) is 0 Å². The first-order valence-electron chi connectivity index (χ1n) is 3.61. The third-order valence-corrected chi connectivity index (χ3v) is 2.11. The molecule has 0 heterocycles. The molecule has 68 valence electrons. The van der Waals surface area contributed by atoms with Gasteiger partial charge in [0.15, 0.2) is 5.75 Å². The molecule has 0 fully saturated rings. The van der Waals surface area contributed by atoms with E-state index in [1.165, 1.54) is 13.2 Å². The van der Waals surface area contributed by atoms with Crippen LogP contribution >= 0.6 is 11.6 Å². The number of carbonyl (C=O) groups excluding carboxylic acids is 1. The lowest BCUT2D eigenvalue weighted by atomic mass is 10.2. The van der Waals surface area contributed by atoms with Crippen molar-refractivity contribution >= 4 is 23.4 Å². The second-order valence-electron chi connectivity index (χ2n) is 2.45. The zero-order chi connectivity index (χ0) is 9.84. The van der Waals surface area contributed by atoms with Crippen molar-refractivity contribution in [3.05, 3.63) is 22.7 Å². The van der Waals surface area contributed by atoms with Crippen molar-refractivity contribution in [3.63, 3.8) is 0 Å². The second-order valence-corrected chi connectivity index (χ2v) is 2.83. The van der Waals surface area contributed by atoms with Crippen molar-refractivity contribution in [1.82, 2.24) is 0 Å². The summed E-state index contributed by atoms with van der Waals surface area (Å²) in [6.45, 7) is 1.85. The fraction of sp³-hybridized carbons (Fsp3) is 0.222. The quantitative estimate of drug-likeness (QED) is 0.540. The minimum Gasteiger partial charge on any atom is -0.493 e. The molecule has 0 aliphatic heterocycles. The Morgan fingerprint density at radius 3 is 2.77 bits per heavy atom. The van der Waals surface area contributed by atoms with Gasteiger partial charge >= 0.3 is 0 Å². The van der Waals surface area contributed by atoms with Crippen LogP contribution in [-0.4, -0.2) is 13.2 Å². The van der Waals surface area contributed by atoms with E-state index >= 15 is 0 Å². The molecule has 0 N–H and O–H groups in total. The summed E-state index contributed by atoms with van der Waals surface area (Å²) in [6.07, 6.45) is 1.44. The number of halogens is 1. The highest BCUT2D eigenvalue weighted by atomic mass is 35.5. The van der Waals surface area contributed by atoms with Crippen molar-refractivity contribution < 1.29 is 9.53 Å². The van der Waals surface area contributed by atoms with Crippen molar-refractivity contribution in [2.24, 2.45) is 4.99 Å². The number of aliphatic imine (C=N–C) groups is 1. The number of ether oxygens (including phenoxy) is 1. The van der Waals surface area contributed by atoms with Crippen LogP contribution in [-0.2, 0) is 4.79 Å². The van der Waals surface area contributed by atoms with Crippen LogP contribution in [0.4, 0.5) is 5.69 Å². The predicted octanol–water partition coefficient (Wildman–Crippen LogP) is 2.62. The Bertz CT molecular complexity index is 370. The summed E-state index contributed by atoms with van der Waals surface area (Å²) >= 11 is 5.92. The molecular weight excluding hydrogens is 190 g/mol. The molecule has 0 amide bonds. The average Bonchev–Trinajstić information content (AvgIpc) is 2.12. The summed E-state index contributed by atoms with van der Waals surface area (Å²) in [7, 11) is 1.48. The van der Waals surface area contributed by atoms with Gasteiger partial charge in [0.25, 0.3) is 0 Å². The summed E-state index contributed by atoms with van der Waals surface area (Å²) in [4.78, 5) is 13.5. The Labute approximate surface area is 81.0 Å². The van der Waals surface area contributed by atoms with Gasteiger partial charge in [0.2, 0.25) is 6.08 Å². The number of hydrogen-bond acceptors (Lipinski definition) is 3. The molecule has 0 aromatic heterocycles. The SMILES string of the molecule is COc1c(N=C=O)ccc(C)c1Cl. The molecule has 0 saturated carbocycles. The van der Waals surface area contributed by atoms with Crippen LogP contribution in [0, 0.1) is 6.92 Å². The second kappa shape index (κ2) is 4.08. The predicted molar refractivity (Wildman–Crippen MR) is 50.5 cm³/mol. The van der Waals surface area contributed by atoms with Crippen molar-refractivity contribution in [2.45, 2.75) is 6.92 Å². The van der Waals surface area contributed by atoms with E-state index in [0.29, 0.717) is 16.5 Å². The van der Waals surface area contributed by atoms with Gasteiger partial charge in [0.05, 0.1) is 12.1 Å². The van der Waals surface area contributed by atoms with Crippen LogP contribution < -0.4 is 4.74 Å². The molecule has 0 spiro atoms. The number of nitrogens with zero attached hydrogens (tertiary/aromatic N) is 1. The van der Waals surface area contributed by atoms with E-state index < -0.39 is 0 Å². The van der Waals surface area contributed by atoms with E-state index in [1.807, 2.05) is 6.92 Å². The lowest BCUT2D eigenvalue weighted by Gasteiger charge is -2.07. The number of hydrogen-bond donors (Lipinski definition) is 0. The minimum absolute atomic E-state index is 0.396. The Kier molecular flexibility index (Phi) is 3.07. The largest absolute Gasteiger partial charge is 0.493 e. The first kappa shape index (κ1) is 9.78. The molecule has 3 nitrogen and oxygen atoms in total. The molecule has 1 aromatic rings. The molecule has 13 heavy (non-hydrogen) atoms. The van der Waals surface area contributed by atoms with Crippen LogP contribution in [0.2, 0.25) is 5.02 Å². The Hall–Kier alpha value is -1.31. The minimum atomic E-state index is 0.396. The highest BCUT2D eigenvalue weighted by molar-refractivity contribution is 6.33. The highest BCUT2D eigenvalue weighted by Gasteiger charge is 2.08. The zero-order valence-electron chi connectivity index (χ0n) is 7.30. The lowest BCUT2D eigenvalue weighted by Crippen LogP contribution is -1.87. The summed E-state index contributed by atoms with van der Waals surface area (Å²) in [5.41, 5.74) is 1.27. The molecule has 0 radical (unpaired) electrons. The molecule has 4 heteroatoms. The molecule has 0 atom stereocenters. The third kappa shape index (κ3) is 1.89. The van der Waals surface area contributed by atoms with Gasteiger partial charge in [-0.3, -0.25) is 0 Å². The van der Waals surface area contributed by atoms with Gasteiger partial charge in [0.1, 0.15) is 5.69 Å². The molecular formula is C9H8ClNO2. The fourth-order valence-corrected chi connectivity index (χ4v) is 1.21. The van der Waals surface area contributed by atoms with Crippen LogP contribution in [0.15, 0.2) is 17.1 Å². The van der Waals surface area contributed by atoms with Gasteiger partial charge in [-0.1, -0.05) is 17.7 Å². The molecule has 0 aliphatic carbocycles. The maximum Gasteiger partial charge on any atom is 0.240 e. The van der Waals surface area contributed by atoms with Crippen molar-refractivity contribution in [1.29, 1.82) is 0 Å². The van der Waals surface area contributed by atoms with Gasteiger partial charge in [-0.2, -0.15) is 4.99 Å². The van der Waals surface area contributed by atoms with E-state index in [1.54, 1.807) is 12.1 Å². The summed E-state index contributed by atoms with van der Waals surface area (Å²) in [5, 5.41) is 0.471. The number of aryl methyl sites for hydroxylation is 1. The number of isocyanates is 1. The van der Waals surface area contributed by atoms with E-state index in [4.69, 9.17) is 16.3 Å². The van der Waals surface area contributed by atoms with Crippen LogP contribution in [0.5, 0.6) is 5.75 Å². The molecule has 0 aliphatic rings. The van der Waals surface area contributed by atoms with Crippen molar-refractivity contribution in [3.8, 4) is 5.75 Å². The normalized spacial score (nSPS) is 9.15. The van der Waals surface area contributed by atoms with Gasteiger partial charge in [-0.15, -0.1) is 0 Å². The van der Waals surface area contributed by atoms with Crippen LogP contribution in [0.1, 0.15) is 5.56 Å². The van der Waals surface area contributed by atoms with Crippen LogP contribution in [0.25, 0.3) is 0 Å². The maximum absolute atomic E-state index is 10.0. The standard InChI is InChI=1S/C9H8ClNO2/c1-6-3-4-7(11-5-12)9(13-2)8(6)10/h3-4H,1-2H3. The number of methoxy groups -OCH3 is 1. The average molecular weight is 198 g/mol. The zero-order valence-corrected chi connectivity index (χ0v) is 8.05. The topological polar surface area (TPSA) is 38.7 Å². The number of benzene rings is 1. The Morgan fingerprint density at radius 2 is 2.23 bits per heavy atom. The molecule has 1 rings (SSSR count). The first-order chi connectivity index (χ1) is 6.20. The Morgan fingerprint density at radius 1 is 1.54 bits per heavy atom. The van der Waals surface area contributed by atoms with Gasteiger partial charge in [-0.25, -0.2) is 4.79 Å². The molecule has 0 unspecified atom stereocenters. The summed E-state index contributed by atoms with van der Waals surface area (Å²) in [6, 6.07) is 3.42. The molecule has 1 aromatic carbocycles. The summed E-state index contributed by atoms with van der Waals surface area (Å²) in [5.74, 6) is 0.407. The first-order valence-corrected chi connectivity index (χ1v) is 3.99. The van der Waals surface area contributed by atoms with E-state index in [-0.39, 0.29) is 0 Å². The Balaban J connectivity index is 3.37. The molecule has 0 saturated heterocycles. The van der Waals surface area contributed by atoms with E-state index in [0.717, 1.165) is 5.56 Å². The molecule has 0 bridgehead atoms. The van der Waals surface area contributed by atoms with E-state index in [2.05, 4.69) is 4.99 Å². The van der Waals surface area contributed by atoms with Crippen molar-refractivity contribution in [2.75, 3.05) is 7.11 Å². The van der Waals surface area contributed by atoms with Gasteiger partial charge in [-0.05, 0) is 18.6 Å². The fourth-order valence-electron chi connectivity index (χ4n) is 0.976. The monoisotopic (exact) mass is 197 g/mol. The third-order valence-electron chi connectivity index (χ3n) is 1.64. The smallest absolute Gasteiger partial charge is 0.240 e. The maximum atomic E-state index is 10.0. The van der Waals surface area contributed by atoms with Gasteiger partial charge < -0.3 is 4.74 Å². The lowest BCUT2D eigenvalue weighted by molar-refractivity contribution is 0.416. The van der Waals surface area contributed by atoms with Gasteiger partial charge in [0, 0.05) is 0 Å². The number of rotatable bonds is 2. The highest BCUT2D eigenvalue weighted by Crippen LogP contribution is 2.36. The summed E-state index contributed by atoms with van der Waals surface area (Å²) < 4.78 is 5.00. The van der Waals surface area contributed by atoms with E-state index in [9.17, 15) is 4.79 Å².